The van der Waals surface area contributed by atoms with Crippen LogP contribution in [-0.4, -0.2) is 42.8 Å². The molecule has 1 amide bonds. The number of anilines is 3. The SMILES string of the molecule is CS(=O)(=O)CCCNc1nc(NN2C(=O)Cc3ccccc32)ncc1C(F)(F)F. The number of sulfone groups is 1. The quantitative estimate of drug-likeness (QED) is 0.651. The average molecular weight is 429 g/mol. The molecular weight excluding hydrogens is 411 g/mol. The first-order valence-corrected chi connectivity index (χ1v) is 10.6. The van der Waals surface area contributed by atoms with Crippen LogP contribution in [0.3, 0.4) is 0 Å². The predicted molar refractivity (Wildman–Crippen MR) is 101 cm³/mol. The van der Waals surface area contributed by atoms with Crippen molar-refractivity contribution in [2.75, 3.05) is 34.3 Å². The number of hydrogen-bond donors (Lipinski definition) is 2. The lowest BCUT2D eigenvalue weighted by atomic mass is 10.2. The Labute approximate surface area is 165 Å². The van der Waals surface area contributed by atoms with Crippen molar-refractivity contribution in [1.82, 2.24) is 9.97 Å². The van der Waals surface area contributed by atoms with Gasteiger partial charge in [-0.2, -0.15) is 18.2 Å². The summed E-state index contributed by atoms with van der Waals surface area (Å²) >= 11 is 0. The Morgan fingerprint density at radius 3 is 2.66 bits per heavy atom. The summed E-state index contributed by atoms with van der Waals surface area (Å²) in [5.74, 6) is -1.16. The van der Waals surface area contributed by atoms with E-state index in [1.165, 1.54) is 5.01 Å². The molecule has 1 aromatic heterocycles. The van der Waals surface area contributed by atoms with Gasteiger partial charge in [-0.15, -0.1) is 0 Å². The van der Waals surface area contributed by atoms with Crippen molar-refractivity contribution in [3.8, 4) is 0 Å². The van der Waals surface area contributed by atoms with Crippen LogP contribution in [0.2, 0.25) is 0 Å². The number of nitrogens with one attached hydrogen (secondary N) is 2. The molecule has 0 bridgehead atoms. The Balaban J connectivity index is 1.80. The zero-order valence-corrected chi connectivity index (χ0v) is 16.1. The molecule has 0 atom stereocenters. The van der Waals surface area contributed by atoms with E-state index in [-0.39, 0.29) is 37.0 Å². The van der Waals surface area contributed by atoms with Crippen molar-refractivity contribution in [3.05, 3.63) is 41.6 Å². The monoisotopic (exact) mass is 429 g/mol. The molecule has 1 aromatic carbocycles. The van der Waals surface area contributed by atoms with Crippen LogP contribution in [0.5, 0.6) is 0 Å². The molecule has 29 heavy (non-hydrogen) atoms. The van der Waals surface area contributed by atoms with E-state index in [9.17, 15) is 26.4 Å². The summed E-state index contributed by atoms with van der Waals surface area (Å²) < 4.78 is 62.1. The van der Waals surface area contributed by atoms with Crippen LogP contribution in [-0.2, 0) is 27.2 Å². The summed E-state index contributed by atoms with van der Waals surface area (Å²) in [5, 5.41) is 3.69. The van der Waals surface area contributed by atoms with Crippen LogP contribution < -0.4 is 15.8 Å². The third-order valence-electron chi connectivity index (χ3n) is 4.11. The van der Waals surface area contributed by atoms with Crippen LogP contribution in [0, 0.1) is 0 Å². The number of carbonyl (C=O) groups excluding carboxylic acids is 1. The highest BCUT2D eigenvalue weighted by atomic mass is 32.2. The molecule has 3 rings (SSSR count). The second kappa shape index (κ2) is 7.85. The standard InChI is InChI=1S/C17H18F3N5O3S/c1-29(27,28)8-4-7-21-15-12(17(18,19)20)10-22-16(23-15)24-25-13-6-3-2-5-11(13)9-14(25)26/h2-3,5-6,10H,4,7-9H2,1H3,(H2,21,22,23,24). The Hall–Kier alpha value is -2.89. The Morgan fingerprint density at radius 1 is 1.24 bits per heavy atom. The third kappa shape index (κ3) is 5.13. The molecule has 0 radical (unpaired) electrons. The lowest BCUT2D eigenvalue weighted by molar-refractivity contribution is -0.137. The topological polar surface area (TPSA) is 104 Å². The van der Waals surface area contributed by atoms with Crippen LogP contribution in [0.4, 0.5) is 30.6 Å². The number of fused-ring (bicyclic) bond motifs is 1. The van der Waals surface area contributed by atoms with E-state index in [0.717, 1.165) is 11.8 Å². The lowest BCUT2D eigenvalue weighted by Gasteiger charge is -2.20. The van der Waals surface area contributed by atoms with E-state index < -0.39 is 27.4 Å². The van der Waals surface area contributed by atoms with E-state index in [1.807, 2.05) is 0 Å². The van der Waals surface area contributed by atoms with Gasteiger partial charge < -0.3 is 5.32 Å². The number of benzene rings is 1. The Morgan fingerprint density at radius 2 is 1.97 bits per heavy atom. The molecule has 2 heterocycles. The third-order valence-corrected chi connectivity index (χ3v) is 5.14. The first-order chi connectivity index (χ1) is 13.5. The zero-order chi connectivity index (χ0) is 21.2. The number of hydrazine groups is 1. The van der Waals surface area contributed by atoms with Crippen molar-refractivity contribution >= 4 is 33.2 Å². The van der Waals surface area contributed by atoms with Gasteiger partial charge >= 0.3 is 6.18 Å². The van der Waals surface area contributed by atoms with Gasteiger partial charge in [0.2, 0.25) is 11.9 Å². The van der Waals surface area contributed by atoms with Gasteiger partial charge in [-0.1, -0.05) is 18.2 Å². The van der Waals surface area contributed by atoms with Crippen LogP contribution in [0.1, 0.15) is 17.5 Å². The van der Waals surface area contributed by atoms with Crippen molar-refractivity contribution in [3.63, 3.8) is 0 Å². The highest BCUT2D eigenvalue weighted by Gasteiger charge is 2.36. The molecular formula is C17H18F3N5O3S. The Bertz CT molecular complexity index is 1030. The van der Waals surface area contributed by atoms with E-state index in [0.29, 0.717) is 11.9 Å². The number of rotatable bonds is 7. The van der Waals surface area contributed by atoms with Crippen LogP contribution in [0.15, 0.2) is 30.5 Å². The maximum atomic E-state index is 13.2. The molecule has 0 spiro atoms. The molecule has 12 heteroatoms. The fourth-order valence-corrected chi connectivity index (χ4v) is 3.47. The maximum absolute atomic E-state index is 13.2. The van der Waals surface area contributed by atoms with Crippen molar-refractivity contribution in [2.24, 2.45) is 0 Å². The van der Waals surface area contributed by atoms with Crippen LogP contribution in [0.25, 0.3) is 0 Å². The van der Waals surface area contributed by atoms with Gasteiger partial charge in [-0.05, 0) is 18.1 Å². The highest BCUT2D eigenvalue weighted by Crippen LogP contribution is 2.34. The molecule has 1 aliphatic heterocycles. The second-order valence-corrected chi connectivity index (χ2v) is 8.77. The molecule has 0 saturated heterocycles. The number of halogens is 3. The van der Waals surface area contributed by atoms with Gasteiger partial charge in [0, 0.05) is 19.0 Å². The minimum Gasteiger partial charge on any atom is -0.369 e. The van der Waals surface area contributed by atoms with Crippen molar-refractivity contribution < 1.29 is 26.4 Å². The zero-order valence-electron chi connectivity index (χ0n) is 15.3. The van der Waals surface area contributed by atoms with Gasteiger partial charge in [-0.3, -0.25) is 10.2 Å². The predicted octanol–water partition coefficient (Wildman–Crippen LogP) is 2.26. The summed E-state index contributed by atoms with van der Waals surface area (Å²) in [7, 11) is -3.23. The average Bonchev–Trinajstić information content (AvgIpc) is 2.93. The van der Waals surface area contributed by atoms with Gasteiger partial charge in [-0.25, -0.2) is 18.4 Å². The number of amides is 1. The molecule has 0 fully saturated rings. The van der Waals surface area contributed by atoms with E-state index in [4.69, 9.17) is 0 Å². The molecule has 0 saturated carbocycles. The van der Waals surface area contributed by atoms with Gasteiger partial charge in [0.15, 0.2) is 0 Å². The van der Waals surface area contributed by atoms with E-state index >= 15 is 0 Å². The van der Waals surface area contributed by atoms with Crippen molar-refractivity contribution in [1.29, 1.82) is 0 Å². The summed E-state index contributed by atoms with van der Waals surface area (Å²) in [6.07, 6.45) is -2.78. The number of nitrogens with zero attached hydrogens (tertiary/aromatic N) is 3. The molecule has 156 valence electrons. The van der Waals surface area contributed by atoms with E-state index in [2.05, 4.69) is 20.7 Å². The second-order valence-electron chi connectivity index (χ2n) is 6.51. The first-order valence-electron chi connectivity index (χ1n) is 8.58. The fourth-order valence-electron chi connectivity index (χ4n) is 2.80. The number of aromatic nitrogens is 2. The number of alkyl halides is 3. The normalized spacial score (nSPS) is 14.1. The minimum atomic E-state index is -4.70. The number of para-hydroxylation sites is 1. The summed E-state index contributed by atoms with van der Waals surface area (Å²) in [4.78, 5) is 19.7. The smallest absolute Gasteiger partial charge is 0.369 e. The van der Waals surface area contributed by atoms with Gasteiger partial charge in [0.25, 0.3) is 0 Å². The summed E-state index contributed by atoms with van der Waals surface area (Å²) in [5.41, 5.74) is 2.90. The van der Waals surface area contributed by atoms with Crippen LogP contribution >= 0.6 is 0 Å². The highest BCUT2D eigenvalue weighted by molar-refractivity contribution is 7.90. The number of carbonyl (C=O) groups is 1. The molecule has 2 N–H and O–H groups in total. The molecule has 2 aromatic rings. The molecule has 0 aliphatic carbocycles. The van der Waals surface area contributed by atoms with Crippen molar-refractivity contribution in [2.45, 2.75) is 19.0 Å². The minimum absolute atomic E-state index is 0.0297. The molecule has 8 nitrogen and oxygen atoms in total. The fraction of sp³-hybridized carbons (Fsp3) is 0.353. The van der Waals surface area contributed by atoms with Gasteiger partial charge in [0.05, 0.1) is 17.9 Å². The summed E-state index contributed by atoms with van der Waals surface area (Å²) in [6.45, 7) is -0.0297. The molecule has 1 aliphatic rings. The summed E-state index contributed by atoms with van der Waals surface area (Å²) in [6, 6.07) is 6.98. The maximum Gasteiger partial charge on any atom is 0.421 e. The Kier molecular flexibility index (Phi) is 5.64. The largest absolute Gasteiger partial charge is 0.421 e. The number of hydrogen-bond acceptors (Lipinski definition) is 7. The van der Waals surface area contributed by atoms with Gasteiger partial charge in [0.1, 0.15) is 21.2 Å². The molecule has 0 unspecified atom stereocenters. The lowest BCUT2D eigenvalue weighted by Crippen LogP contribution is -2.34. The van der Waals surface area contributed by atoms with E-state index in [1.54, 1.807) is 24.3 Å². The first kappa shape index (κ1) is 20.8.